The number of hydrogen-bond donors (Lipinski definition) is 1. The van der Waals surface area contributed by atoms with Crippen LogP contribution in [-0.2, 0) is 0 Å². The lowest BCUT2D eigenvalue weighted by Gasteiger charge is -2.25. The van der Waals surface area contributed by atoms with Crippen molar-refractivity contribution in [1.29, 1.82) is 0 Å². The molecule has 0 spiro atoms. The van der Waals surface area contributed by atoms with Crippen LogP contribution in [0.2, 0.25) is 0 Å². The number of rotatable bonds is 6. The van der Waals surface area contributed by atoms with E-state index in [0.29, 0.717) is 10.4 Å². The second-order valence-corrected chi connectivity index (χ2v) is 6.76. The molecule has 0 aromatic heterocycles. The lowest BCUT2D eigenvalue weighted by molar-refractivity contribution is 0.396. The van der Waals surface area contributed by atoms with Gasteiger partial charge in [-0.25, -0.2) is 4.39 Å². The Morgan fingerprint density at radius 2 is 2.10 bits per heavy atom. The average molecular weight is 354 g/mol. The van der Waals surface area contributed by atoms with Gasteiger partial charge in [-0.1, -0.05) is 43.9 Å². The minimum absolute atomic E-state index is 0.187. The molecule has 3 heteroatoms. The molecule has 0 unspecified atom stereocenters. The van der Waals surface area contributed by atoms with Gasteiger partial charge in [0.1, 0.15) is 5.82 Å². The summed E-state index contributed by atoms with van der Waals surface area (Å²) in [5, 5.41) is 3.51. The predicted molar refractivity (Wildman–Crippen MR) is 91.8 cm³/mol. The Hall–Kier alpha value is -0.670. The maximum atomic E-state index is 13.7. The Morgan fingerprint density at radius 3 is 2.76 bits per heavy atom. The highest BCUT2D eigenvalue weighted by molar-refractivity contribution is 9.10. The third-order valence-corrected chi connectivity index (χ3v) is 4.82. The Bertz CT molecular complexity index is 478. The van der Waals surface area contributed by atoms with Gasteiger partial charge in [-0.15, -0.1) is 0 Å². The van der Waals surface area contributed by atoms with E-state index < -0.39 is 0 Å². The molecule has 1 fully saturated rings. The Kier molecular flexibility index (Phi) is 6.91. The second kappa shape index (κ2) is 8.70. The van der Waals surface area contributed by atoms with E-state index in [1.807, 2.05) is 6.07 Å². The van der Waals surface area contributed by atoms with Gasteiger partial charge >= 0.3 is 0 Å². The van der Waals surface area contributed by atoms with E-state index in [9.17, 15) is 4.39 Å². The van der Waals surface area contributed by atoms with E-state index in [2.05, 4.69) is 34.2 Å². The summed E-state index contributed by atoms with van der Waals surface area (Å²) < 4.78 is 14.2. The van der Waals surface area contributed by atoms with E-state index in [1.54, 1.807) is 12.1 Å². The first-order valence-electron chi connectivity index (χ1n) is 8.07. The molecule has 2 rings (SSSR count). The number of nitrogens with one attached hydrogen (secondary N) is 1. The smallest absolute Gasteiger partial charge is 0.137 e. The van der Waals surface area contributed by atoms with Crippen molar-refractivity contribution in [3.05, 3.63) is 39.6 Å². The third-order valence-electron chi connectivity index (χ3n) is 4.18. The van der Waals surface area contributed by atoms with Crippen LogP contribution in [0.5, 0.6) is 0 Å². The van der Waals surface area contributed by atoms with Crippen molar-refractivity contribution in [2.24, 2.45) is 5.92 Å². The van der Waals surface area contributed by atoms with Gasteiger partial charge in [-0.05, 0) is 65.4 Å². The first-order valence-corrected chi connectivity index (χ1v) is 8.86. The van der Waals surface area contributed by atoms with Gasteiger partial charge in [0.05, 0.1) is 4.47 Å². The molecular formula is C18H25BrFN. The van der Waals surface area contributed by atoms with Crippen molar-refractivity contribution in [3.8, 4) is 0 Å². The third kappa shape index (κ3) is 5.23. The lowest BCUT2D eigenvalue weighted by Crippen LogP contribution is -2.23. The van der Waals surface area contributed by atoms with Crippen molar-refractivity contribution >= 4 is 22.0 Å². The molecule has 1 aliphatic carbocycles. The molecule has 0 aliphatic heterocycles. The molecule has 1 aromatic carbocycles. The van der Waals surface area contributed by atoms with Crippen molar-refractivity contribution in [1.82, 2.24) is 5.32 Å². The Labute approximate surface area is 136 Å². The highest BCUT2D eigenvalue weighted by atomic mass is 79.9. The summed E-state index contributed by atoms with van der Waals surface area (Å²) in [4.78, 5) is 0. The standard InChI is InChI=1S/C18H25BrFN/c1-2-10-21-13-16(15-6-4-3-5-7-15)11-14-8-9-17(19)18(20)12-14/h8-9,11-12,15,21H,2-7,10,13H2,1H3/b16-11-. The molecule has 0 atom stereocenters. The molecular weight excluding hydrogens is 329 g/mol. The number of halogens is 2. The van der Waals surface area contributed by atoms with Gasteiger partial charge in [0.15, 0.2) is 0 Å². The van der Waals surface area contributed by atoms with Crippen LogP contribution >= 0.6 is 15.9 Å². The van der Waals surface area contributed by atoms with Crippen LogP contribution < -0.4 is 5.32 Å². The quantitative estimate of drug-likeness (QED) is 0.661. The van der Waals surface area contributed by atoms with Crippen LogP contribution in [0.25, 0.3) is 6.08 Å². The fourth-order valence-electron chi connectivity index (χ4n) is 3.01. The normalized spacial score (nSPS) is 17.2. The van der Waals surface area contributed by atoms with Gasteiger partial charge in [0.25, 0.3) is 0 Å². The Morgan fingerprint density at radius 1 is 1.33 bits per heavy atom. The van der Waals surface area contributed by atoms with Crippen LogP contribution in [0, 0.1) is 11.7 Å². The van der Waals surface area contributed by atoms with Gasteiger partial charge in [-0.2, -0.15) is 0 Å². The maximum Gasteiger partial charge on any atom is 0.137 e. The predicted octanol–water partition coefficient (Wildman–Crippen LogP) is 5.55. The van der Waals surface area contributed by atoms with E-state index in [-0.39, 0.29) is 5.82 Å². The SMILES string of the molecule is CCCNC/C(=C/c1ccc(Br)c(F)c1)C1CCCCC1. The number of hydrogen-bond acceptors (Lipinski definition) is 1. The molecule has 0 bridgehead atoms. The van der Waals surface area contributed by atoms with Crippen molar-refractivity contribution in [3.63, 3.8) is 0 Å². The first kappa shape index (κ1) is 16.7. The molecule has 116 valence electrons. The van der Waals surface area contributed by atoms with Crippen LogP contribution in [0.1, 0.15) is 51.0 Å². The molecule has 1 nitrogen and oxygen atoms in total. The summed E-state index contributed by atoms with van der Waals surface area (Å²) in [6.45, 7) is 4.15. The fraction of sp³-hybridized carbons (Fsp3) is 0.556. The molecule has 1 saturated carbocycles. The molecule has 1 aromatic rings. The molecule has 1 aliphatic rings. The van der Waals surface area contributed by atoms with Crippen molar-refractivity contribution < 1.29 is 4.39 Å². The Balaban J connectivity index is 2.15. The van der Waals surface area contributed by atoms with Crippen LogP contribution in [0.3, 0.4) is 0 Å². The zero-order valence-electron chi connectivity index (χ0n) is 12.8. The van der Waals surface area contributed by atoms with E-state index >= 15 is 0 Å². The largest absolute Gasteiger partial charge is 0.313 e. The van der Waals surface area contributed by atoms with Crippen molar-refractivity contribution in [2.75, 3.05) is 13.1 Å². The van der Waals surface area contributed by atoms with Gasteiger partial charge in [0.2, 0.25) is 0 Å². The van der Waals surface area contributed by atoms with Crippen LogP contribution in [0.4, 0.5) is 4.39 Å². The highest BCUT2D eigenvalue weighted by Crippen LogP contribution is 2.31. The van der Waals surface area contributed by atoms with Gasteiger partial charge in [0, 0.05) is 6.54 Å². The van der Waals surface area contributed by atoms with Gasteiger partial charge in [-0.3, -0.25) is 0 Å². The monoisotopic (exact) mass is 353 g/mol. The average Bonchev–Trinajstić information content (AvgIpc) is 2.51. The zero-order chi connectivity index (χ0) is 15.1. The second-order valence-electron chi connectivity index (χ2n) is 5.90. The van der Waals surface area contributed by atoms with E-state index in [4.69, 9.17) is 0 Å². The summed E-state index contributed by atoms with van der Waals surface area (Å²) in [5.74, 6) is 0.475. The lowest BCUT2D eigenvalue weighted by atomic mass is 9.83. The summed E-state index contributed by atoms with van der Waals surface area (Å²) in [5.41, 5.74) is 2.40. The summed E-state index contributed by atoms with van der Waals surface area (Å²) in [6.07, 6.45) is 9.89. The highest BCUT2D eigenvalue weighted by Gasteiger charge is 2.17. The molecule has 21 heavy (non-hydrogen) atoms. The van der Waals surface area contributed by atoms with E-state index in [1.165, 1.54) is 37.7 Å². The molecule has 0 amide bonds. The molecule has 0 saturated heterocycles. The van der Waals surface area contributed by atoms with Gasteiger partial charge < -0.3 is 5.32 Å². The number of benzene rings is 1. The van der Waals surface area contributed by atoms with Crippen LogP contribution in [-0.4, -0.2) is 13.1 Å². The molecule has 0 radical (unpaired) electrons. The minimum Gasteiger partial charge on any atom is -0.313 e. The first-order chi connectivity index (χ1) is 10.2. The zero-order valence-corrected chi connectivity index (χ0v) is 14.4. The topological polar surface area (TPSA) is 12.0 Å². The minimum atomic E-state index is -0.187. The summed E-state index contributed by atoms with van der Waals surface area (Å²) in [7, 11) is 0. The van der Waals surface area contributed by atoms with E-state index in [0.717, 1.165) is 25.1 Å². The summed E-state index contributed by atoms with van der Waals surface area (Å²) >= 11 is 3.22. The fourth-order valence-corrected chi connectivity index (χ4v) is 3.26. The van der Waals surface area contributed by atoms with Crippen LogP contribution in [0.15, 0.2) is 28.2 Å². The molecule has 1 N–H and O–H groups in total. The van der Waals surface area contributed by atoms with Crippen molar-refractivity contribution in [2.45, 2.75) is 45.4 Å². The summed E-state index contributed by atoms with van der Waals surface area (Å²) in [6, 6.07) is 5.39. The molecule has 0 heterocycles. The maximum absolute atomic E-state index is 13.7.